The normalized spacial score (nSPS) is 15.3. The zero-order chi connectivity index (χ0) is 18.5. The molecule has 0 radical (unpaired) electrons. The summed E-state index contributed by atoms with van der Waals surface area (Å²) < 4.78 is 0. The molecule has 3 N–H and O–H groups in total. The summed E-state index contributed by atoms with van der Waals surface area (Å²) in [6, 6.07) is 0.846. The van der Waals surface area contributed by atoms with Crippen molar-refractivity contribution in [2.45, 2.75) is 78.3 Å². The minimum atomic E-state index is 0. The molecule has 0 aromatic carbocycles. The Kier molecular flexibility index (Phi) is 15.1. The van der Waals surface area contributed by atoms with Gasteiger partial charge in [-0.15, -0.1) is 24.0 Å². The molecule has 1 saturated carbocycles. The van der Waals surface area contributed by atoms with Crippen LogP contribution >= 0.6 is 24.0 Å². The standard InChI is InChI=1S/C19H39N5O.HI/c1-5-20-19(21-14-8-11-18(25)23-17-12-13-17)22-16(4)10-9-15-24(6-2)7-3;/h16-17H,5-15H2,1-4H3,(H,23,25)(H2,20,21,22);1H. The van der Waals surface area contributed by atoms with Crippen molar-refractivity contribution in [3.05, 3.63) is 0 Å². The summed E-state index contributed by atoms with van der Waals surface area (Å²) in [5.41, 5.74) is 0. The molecular formula is C19H40IN5O. The number of aliphatic imine (C=N–C) groups is 1. The molecule has 0 spiro atoms. The summed E-state index contributed by atoms with van der Waals surface area (Å²) in [6.07, 6.45) is 5.97. The Balaban J connectivity index is 0.00000625. The fourth-order valence-electron chi connectivity index (χ4n) is 2.74. The highest BCUT2D eigenvalue weighted by atomic mass is 127. The van der Waals surface area contributed by atoms with Gasteiger partial charge >= 0.3 is 0 Å². The lowest BCUT2D eigenvalue weighted by Gasteiger charge is -2.21. The average Bonchev–Trinajstić information content (AvgIpc) is 3.39. The van der Waals surface area contributed by atoms with Gasteiger partial charge in [-0.05, 0) is 65.6 Å². The van der Waals surface area contributed by atoms with Gasteiger partial charge in [-0.25, -0.2) is 0 Å². The van der Waals surface area contributed by atoms with Crippen LogP contribution < -0.4 is 16.0 Å². The molecule has 0 aromatic heterocycles. The van der Waals surface area contributed by atoms with Crippen molar-refractivity contribution in [3.8, 4) is 0 Å². The number of hydrogen-bond acceptors (Lipinski definition) is 3. The molecule has 1 rings (SSSR count). The van der Waals surface area contributed by atoms with Crippen LogP contribution in [0.5, 0.6) is 0 Å². The van der Waals surface area contributed by atoms with Crippen molar-refractivity contribution >= 4 is 35.8 Å². The molecule has 0 heterocycles. The number of halogens is 1. The Morgan fingerprint density at radius 1 is 1.19 bits per heavy atom. The Morgan fingerprint density at radius 2 is 1.88 bits per heavy atom. The van der Waals surface area contributed by atoms with Crippen molar-refractivity contribution in [2.75, 3.05) is 32.7 Å². The highest BCUT2D eigenvalue weighted by Crippen LogP contribution is 2.18. The van der Waals surface area contributed by atoms with Gasteiger partial charge in [0.15, 0.2) is 5.96 Å². The van der Waals surface area contributed by atoms with E-state index in [0.29, 0.717) is 25.0 Å². The predicted molar refractivity (Wildman–Crippen MR) is 121 cm³/mol. The van der Waals surface area contributed by atoms with E-state index in [1.807, 2.05) is 0 Å². The van der Waals surface area contributed by atoms with Gasteiger partial charge in [-0.1, -0.05) is 13.8 Å². The maximum absolute atomic E-state index is 11.7. The second kappa shape index (κ2) is 15.5. The number of carbonyl (C=O) groups is 1. The summed E-state index contributed by atoms with van der Waals surface area (Å²) in [5.74, 6) is 1.03. The van der Waals surface area contributed by atoms with E-state index < -0.39 is 0 Å². The molecule has 1 amide bonds. The molecule has 0 saturated heterocycles. The molecule has 6 nitrogen and oxygen atoms in total. The number of nitrogens with one attached hydrogen (secondary N) is 3. The minimum Gasteiger partial charge on any atom is -0.357 e. The van der Waals surface area contributed by atoms with Crippen LogP contribution in [0.25, 0.3) is 0 Å². The van der Waals surface area contributed by atoms with Gasteiger partial charge in [0, 0.05) is 31.6 Å². The van der Waals surface area contributed by atoms with Crippen LogP contribution in [0.15, 0.2) is 4.99 Å². The zero-order valence-electron chi connectivity index (χ0n) is 17.1. The first-order chi connectivity index (χ1) is 12.1. The third kappa shape index (κ3) is 12.7. The highest BCUT2D eigenvalue weighted by molar-refractivity contribution is 14.0. The van der Waals surface area contributed by atoms with Crippen molar-refractivity contribution < 1.29 is 4.79 Å². The number of carbonyl (C=O) groups excluding carboxylic acids is 1. The van der Waals surface area contributed by atoms with E-state index in [1.54, 1.807) is 0 Å². The lowest BCUT2D eigenvalue weighted by atomic mass is 10.2. The molecule has 26 heavy (non-hydrogen) atoms. The first kappa shape index (κ1) is 25.4. The van der Waals surface area contributed by atoms with Gasteiger partial charge in [0.1, 0.15) is 0 Å². The van der Waals surface area contributed by atoms with Crippen LogP contribution in [0.4, 0.5) is 0 Å². The number of amides is 1. The molecule has 154 valence electrons. The van der Waals surface area contributed by atoms with E-state index in [4.69, 9.17) is 0 Å². The number of guanidine groups is 1. The van der Waals surface area contributed by atoms with Gasteiger partial charge in [-0.3, -0.25) is 9.79 Å². The summed E-state index contributed by atoms with van der Waals surface area (Å²) in [6.45, 7) is 13.6. The van der Waals surface area contributed by atoms with E-state index in [0.717, 1.165) is 57.8 Å². The Morgan fingerprint density at radius 3 is 2.46 bits per heavy atom. The Labute approximate surface area is 177 Å². The molecule has 7 heteroatoms. The quantitative estimate of drug-likeness (QED) is 0.164. The van der Waals surface area contributed by atoms with Crippen LogP contribution in [0.3, 0.4) is 0 Å². The van der Waals surface area contributed by atoms with Gasteiger partial charge in [0.2, 0.25) is 5.91 Å². The van der Waals surface area contributed by atoms with Crippen molar-refractivity contribution in [3.63, 3.8) is 0 Å². The maximum Gasteiger partial charge on any atom is 0.220 e. The SMILES string of the molecule is CCNC(=NCCCC(=O)NC1CC1)NC(C)CCCN(CC)CC.I. The van der Waals surface area contributed by atoms with Crippen molar-refractivity contribution in [2.24, 2.45) is 4.99 Å². The molecule has 0 bridgehead atoms. The molecule has 1 aliphatic rings. The van der Waals surface area contributed by atoms with E-state index in [9.17, 15) is 4.79 Å². The van der Waals surface area contributed by atoms with Crippen molar-refractivity contribution in [1.82, 2.24) is 20.9 Å². The topological polar surface area (TPSA) is 68.8 Å². The molecule has 0 aliphatic heterocycles. The largest absolute Gasteiger partial charge is 0.357 e. The van der Waals surface area contributed by atoms with Crippen LogP contribution in [-0.2, 0) is 4.79 Å². The average molecular weight is 481 g/mol. The maximum atomic E-state index is 11.7. The summed E-state index contributed by atoms with van der Waals surface area (Å²) >= 11 is 0. The van der Waals surface area contributed by atoms with Crippen molar-refractivity contribution in [1.29, 1.82) is 0 Å². The number of rotatable bonds is 13. The lowest BCUT2D eigenvalue weighted by molar-refractivity contribution is -0.121. The minimum absolute atomic E-state index is 0. The highest BCUT2D eigenvalue weighted by Gasteiger charge is 2.22. The van der Waals surface area contributed by atoms with E-state index in [-0.39, 0.29) is 29.9 Å². The smallest absolute Gasteiger partial charge is 0.220 e. The summed E-state index contributed by atoms with van der Waals surface area (Å²) in [7, 11) is 0. The second-order valence-corrected chi connectivity index (χ2v) is 6.92. The predicted octanol–water partition coefficient (Wildman–Crippen LogP) is 2.73. The van der Waals surface area contributed by atoms with Gasteiger partial charge in [-0.2, -0.15) is 0 Å². The van der Waals surface area contributed by atoms with Crippen LogP contribution in [0.2, 0.25) is 0 Å². The molecule has 1 aliphatic carbocycles. The van der Waals surface area contributed by atoms with Crippen LogP contribution in [0, 0.1) is 0 Å². The third-order valence-corrected chi connectivity index (χ3v) is 4.51. The first-order valence-corrected chi connectivity index (χ1v) is 10.2. The Bertz CT molecular complexity index is 397. The third-order valence-electron chi connectivity index (χ3n) is 4.51. The summed E-state index contributed by atoms with van der Waals surface area (Å²) in [5, 5.41) is 9.79. The van der Waals surface area contributed by atoms with Gasteiger partial charge < -0.3 is 20.9 Å². The monoisotopic (exact) mass is 481 g/mol. The first-order valence-electron chi connectivity index (χ1n) is 10.2. The van der Waals surface area contributed by atoms with Crippen LogP contribution in [0.1, 0.15) is 66.2 Å². The molecule has 1 atom stereocenters. The fourth-order valence-corrected chi connectivity index (χ4v) is 2.74. The molecular weight excluding hydrogens is 441 g/mol. The van der Waals surface area contributed by atoms with E-state index >= 15 is 0 Å². The van der Waals surface area contributed by atoms with E-state index in [1.165, 1.54) is 6.42 Å². The second-order valence-electron chi connectivity index (χ2n) is 6.92. The molecule has 1 fully saturated rings. The lowest BCUT2D eigenvalue weighted by Crippen LogP contribution is -2.42. The van der Waals surface area contributed by atoms with Crippen LogP contribution in [-0.4, -0.2) is 61.6 Å². The molecule has 0 aromatic rings. The molecule has 1 unspecified atom stereocenters. The van der Waals surface area contributed by atoms with Gasteiger partial charge in [0.25, 0.3) is 0 Å². The number of nitrogens with zero attached hydrogens (tertiary/aromatic N) is 2. The zero-order valence-corrected chi connectivity index (χ0v) is 19.5. The van der Waals surface area contributed by atoms with E-state index in [2.05, 4.69) is 53.5 Å². The number of hydrogen-bond donors (Lipinski definition) is 3. The Hall–Kier alpha value is -0.570. The summed E-state index contributed by atoms with van der Waals surface area (Å²) in [4.78, 5) is 18.7. The fraction of sp³-hybridized carbons (Fsp3) is 0.895. The van der Waals surface area contributed by atoms with Gasteiger partial charge in [0.05, 0.1) is 0 Å².